The molecule has 1 fully saturated rings. The van der Waals surface area contributed by atoms with Gasteiger partial charge < -0.3 is 0 Å². The second-order valence-electron chi connectivity index (χ2n) is 3.46. The molecular weight excluding hydrogens is 215 g/mol. The van der Waals surface area contributed by atoms with Crippen molar-refractivity contribution in [3.63, 3.8) is 0 Å². The molecule has 1 aromatic rings. The molecule has 14 heavy (non-hydrogen) atoms. The van der Waals surface area contributed by atoms with Crippen LogP contribution in [0.2, 0.25) is 0 Å². The molecule has 1 aromatic heterocycles. The Morgan fingerprint density at radius 1 is 1.43 bits per heavy atom. The largest absolute Gasteiger partial charge is 0.258 e. The zero-order chi connectivity index (χ0) is 10.0. The van der Waals surface area contributed by atoms with Gasteiger partial charge in [0.25, 0.3) is 0 Å². The van der Waals surface area contributed by atoms with E-state index in [0.717, 1.165) is 19.3 Å². The maximum absolute atomic E-state index is 5.78. The minimum absolute atomic E-state index is 0.992. The molecule has 0 aliphatic carbocycles. The fourth-order valence-electron chi connectivity index (χ4n) is 1.85. The van der Waals surface area contributed by atoms with Gasteiger partial charge >= 0.3 is 0 Å². The summed E-state index contributed by atoms with van der Waals surface area (Å²) >= 11 is 5.78. The molecule has 1 atom stereocenters. The zero-order valence-electron chi connectivity index (χ0n) is 8.33. The Labute approximate surface area is 89.4 Å². The smallest absolute Gasteiger partial charge is 0.138 e. The molecule has 0 aromatic carbocycles. The Morgan fingerprint density at radius 3 is 2.64 bits per heavy atom. The quantitative estimate of drug-likeness (QED) is 0.738. The van der Waals surface area contributed by atoms with Crippen LogP contribution in [-0.4, -0.2) is 38.5 Å². The summed E-state index contributed by atoms with van der Waals surface area (Å²) in [5.74, 6) is 0. The van der Waals surface area contributed by atoms with E-state index in [1.165, 1.54) is 12.8 Å². The van der Waals surface area contributed by atoms with E-state index in [4.69, 9.17) is 11.8 Å². The first-order valence-electron chi connectivity index (χ1n) is 4.97. The van der Waals surface area contributed by atoms with Crippen LogP contribution in [-0.2, 0) is 11.8 Å². The van der Waals surface area contributed by atoms with E-state index in [0.29, 0.717) is 0 Å². The minimum atomic E-state index is -1.64. The van der Waals surface area contributed by atoms with Crippen molar-refractivity contribution in [2.75, 3.05) is 19.3 Å². The molecule has 1 unspecified atom stereocenters. The Hall–Kier alpha value is -0.250. The van der Waals surface area contributed by atoms with Gasteiger partial charge in [-0.15, -0.1) is 0 Å². The van der Waals surface area contributed by atoms with E-state index in [9.17, 15) is 0 Å². The predicted octanol–water partition coefficient (Wildman–Crippen LogP) is 1.55. The maximum atomic E-state index is 5.78. The van der Waals surface area contributed by atoms with Gasteiger partial charge in [0.2, 0.25) is 0 Å². The van der Waals surface area contributed by atoms with Gasteiger partial charge in [-0.25, -0.2) is 9.44 Å². The lowest BCUT2D eigenvalue weighted by molar-refractivity contribution is 0.551. The van der Waals surface area contributed by atoms with Crippen LogP contribution in [0.25, 0.3) is 0 Å². The van der Waals surface area contributed by atoms with Gasteiger partial charge in [-0.3, -0.25) is 4.67 Å². The van der Waals surface area contributed by atoms with Crippen LogP contribution in [0, 0.1) is 0 Å². The molecule has 0 radical (unpaired) electrons. The van der Waals surface area contributed by atoms with Gasteiger partial charge in [0, 0.05) is 19.3 Å². The van der Waals surface area contributed by atoms with Crippen molar-refractivity contribution >= 4 is 18.1 Å². The van der Waals surface area contributed by atoms with Gasteiger partial charge in [0.1, 0.15) is 19.0 Å². The number of aromatic nitrogens is 3. The highest BCUT2D eigenvalue weighted by Crippen LogP contribution is 2.51. The first-order valence-corrected chi connectivity index (χ1v) is 7.86. The number of nitrogens with zero attached hydrogens (tertiary/aromatic N) is 4. The van der Waals surface area contributed by atoms with Crippen molar-refractivity contribution < 1.29 is 0 Å². The van der Waals surface area contributed by atoms with Gasteiger partial charge in [-0.1, -0.05) is 18.7 Å². The van der Waals surface area contributed by atoms with Crippen LogP contribution < -0.4 is 0 Å². The molecule has 0 spiro atoms. The standard InChI is InChI=1S/C8H15N4PS/c1-2-13(14,11-5-3-4-6-11)12-8-9-7-10-12/h7-8H,2-6H2,1H3. The summed E-state index contributed by atoms with van der Waals surface area (Å²) in [7, 11) is 0. The zero-order valence-corrected chi connectivity index (χ0v) is 10.0. The molecule has 78 valence electrons. The molecule has 4 nitrogen and oxygen atoms in total. The van der Waals surface area contributed by atoms with Crippen LogP contribution in [0.15, 0.2) is 12.7 Å². The molecule has 2 rings (SSSR count). The lowest BCUT2D eigenvalue weighted by Crippen LogP contribution is -2.21. The van der Waals surface area contributed by atoms with Gasteiger partial charge in [0.15, 0.2) is 0 Å². The first-order chi connectivity index (χ1) is 6.77. The Balaban J connectivity index is 2.29. The number of rotatable bonds is 3. The predicted molar refractivity (Wildman–Crippen MR) is 61.1 cm³/mol. The molecule has 0 saturated carbocycles. The second-order valence-corrected chi connectivity index (χ2v) is 8.15. The number of hydrogen-bond donors (Lipinski definition) is 0. The average molecular weight is 230 g/mol. The summed E-state index contributed by atoms with van der Waals surface area (Å²) in [6.07, 6.45) is 5.23. The van der Waals surface area contributed by atoms with Crippen molar-refractivity contribution in [1.82, 2.24) is 19.2 Å². The molecule has 6 heteroatoms. The van der Waals surface area contributed by atoms with Crippen LogP contribution >= 0.6 is 6.34 Å². The Bertz CT molecular complexity index is 331. The molecule has 1 aliphatic rings. The van der Waals surface area contributed by atoms with Crippen molar-refractivity contribution in [1.29, 1.82) is 0 Å². The van der Waals surface area contributed by atoms with Crippen LogP contribution in [0.5, 0.6) is 0 Å². The van der Waals surface area contributed by atoms with Gasteiger partial charge in [-0.2, -0.15) is 5.10 Å². The van der Waals surface area contributed by atoms with Gasteiger partial charge in [-0.05, 0) is 12.8 Å². The summed E-state index contributed by atoms with van der Waals surface area (Å²) in [5.41, 5.74) is 0. The highest BCUT2D eigenvalue weighted by molar-refractivity contribution is 8.12. The van der Waals surface area contributed by atoms with E-state index < -0.39 is 6.34 Å². The first kappa shape index (κ1) is 10.3. The molecule has 1 saturated heterocycles. The number of hydrogen-bond acceptors (Lipinski definition) is 3. The van der Waals surface area contributed by atoms with Gasteiger partial charge in [0.05, 0.1) is 0 Å². The van der Waals surface area contributed by atoms with E-state index in [2.05, 4.69) is 21.7 Å². The summed E-state index contributed by atoms with van der Waals surface area (Å²) in [6.45, 7) is 4.41. The molecular formula is C8H15N4PS. The molecule has 0 N–H and O–H groups in total. The summed E-state index contributed by atoms with van der Waals surface area (Å²) in [6, 6.07) is 0. The Kier molecular flexibility index (Phi) is 3.00. The SMILES string of the molecule is CCP(=S)(N1CCCC1)n1cncn1. The summed E-state index contributed by atoms with van der Waals surface area (Å²) < 4.78 is 4.34. The topological polar surface area (TPSA) is 34.0 Å². The Morgan fingerprint density at radius 2 is 2.14 bits per heavy atom. The normalized spacial score (nSPS) is 22.4. The van der Waals surface area contributed by atoms with E-state index in [-0.39, 0.29) is 0 Å². The highest BCUT2D eigenvalue weighted by Gasteiger charge is 2.28. The van der Waals surface area contributed by atoms with Crippen molar-refractivity contribution in [2.24, 2.45) is 0 Å². The van der Waals surface area contributed by atoms with Crippen molar-refractivity contribution in [3.8, 4) is 0 Å². The van der Waals surface area contributed by atoms with Crippen LogP contribution in [0.1, 0.15) is 19.8 Å². The molecule has 2 heterocycles. The molecule has 0 bridgehead atoms. The highest BCUT2D eigenvalue weighted by atomic mass is 32.4. The summed E-state index contributed by atoms with van der Waals surface area (Å²) in [4.78, 5) is 3.99. The van der Waals surface area contributed by atoms with Crippen LogP contribution in [0.4, 0.5) is 0 Å². The molecule has 1 aliphatic heterocycles. The second kappa shape index (κ2) is 4.09. The van der Waals surface area contributed by atoms with E-state index >= 15 is 0 Å². The average Bonchev–Trinajstić information content (AvgIpc) is 2.88. The van der Waals surface area contributed by atoms with Crippen molar-refractivity contribution in [3.05, 3.63) is 12.7 Å². The lowest BCUT2D eigenvalue weighted by Gasteiger charge is -2.30. The van der Waals surface area contributed by atoms with E-state index in [1.807, 2.05) is 4.45 Å². The van der Waals surface area contributed by atoms with E-state index in [1.54, 1.807) is 12.7 Å². The fraction of sp³-hybridized carbons (Fsp3) is 0.750. The van der Waals surface area contributed by atoms with Crippen molar-refractivity contribution in [2.45, 2.75) is 19.8 Å². The third-order valence-electron chi connectivity index (χ3n) is 2.66. The van der Waals surface area contributed by atoms with Crippen LogP contribution in [0.3, 0.4) is 0 Å². The maximum Gasteiger partial charge on any atom is 0.138 e. The molecule has 0 amide bonds. The fourth-order valence-corrected chi connectivity index (χ4v) is 4.88. The third kappa shape index (κ3) is 1.64. The lowest BCUT2D eigenvalue weighted by atomic mass is 10.4. The third-order valence-corrected chi connectivity index (χ3v) is 7.59. The minimum Gasteiger partial charge on any atom is -0.258 e. The summed E-state index contributed by atoms with van der Waals surface area (Å²) in [5, 5.41) is 4.21. The monoisotopic (exact) mass is 230 g/mol.